The molecule has 0 bridgehead atoms. The number of hydrogen-bond donors (Lipinski definition) is 0. The summed E-state index contributed by atoms with van der Waals surface area (Å²) in [4.78, 5) is 12.8. The molecular formula is C11H16F3NO. The van der Waals surface area contributed by atoms with Gasteiger partial charge in [0, 0.05) is 13.0 Å². The van der Waals surface area contributed by atoms with Crippen molar-refractivity contribution in [3.05, 3.63) is 0 Å². The van der Waals surface area contributed by atoms with E-state index in [1.807, 2.05) is 0 Å². The second-order valence-corrected chi connectivity index (χ2v) is 4.79. The van der Waals surface area contributed by atoms with Gasteiger partial charge in [0.05, 0.1) is 0 Å². The van der Waals surface area contributed by atoms with E-state index in [0.29, 0.717) is 25.2 Å². The Morgan fingerprint density at radius 1 is 1.19 bits per heavy atom. The van der Waals surface area contributed by atoms with Gasteiger partial charge in [-0.3, -0.25) is 4.79 Å². The molecule has 5 heteroatoms. The van der Waals surface area contributed by atoms with Crippen molar-refractivity contribution in [2.75, 3.05) is 6.54 Å². The Bertz CT molecular complexity index is 273. The highest BCUT2D eigenvalue weighted by molar-refractivity contribution is 5.77. The third kappa shape index (κ3) is 2.68. The first-order valence-electron chi connectivity index (χ1n) is 5.84. The molecule has 92 valence electrons. The normalized spacial score (nSPS) is 26.9. The summed E-state index contributed by atoms with van der Waals surface area (Å²) in [5, 5.41) is 0. The maximum atomic E-state index is 12.7. The maximum Gasteiger partial charge on any atom is 0.408 e. The lowest BCUT2D eigenvalue weighted by molar-refractivity contribution is -0.196. The fourth-order valence-electron chi connectivity index (χ4n) is 2.26. The third-order valence-electron chi connectivity index (χ3n) is 3.36. The van der Waals surface area contributed by atoms with Crippen molar-refractivity contribution >= 4 is 5.91 Å². The predicted molar refractivity (Wildman–Crippen MR) is 52.7 cm³/mol. The monoisotopic (exact) mass is 235 g/mol. The minimum Gasteiger partial charge on any atom is -0.331 e. The summed E-state index contributed by atoms with van der Waals surface area (Å²) in [5.41, 5.74) is 0. The van der Waals surface area contributed by atoms with Crippen LogP contribution in [0.15, 0.2) is 0 Å². The molecule has 0 aromatic carbocycles. The van der Waals surface area contributed by atoms with Crippen molar-refractivity contribution in [2.24, 2.45) is 5.92 Å². The maximum absolute atomic E-state index is 12.7. The average Bonchev–Trinajstić information content (AvgIpc) is 3.00. The summed E-state index contributed by atoms with van der Waals surface area (Å²) in [5.74, 6) is 0.0489. The van der Waals surface area contributed by atoms with Gasteiger partial charge in [0.15, 0.2) is 0 Å². The SMILES string of the molecule is O=C(CC1CC1)N1CCCCC1C(F)(F)F. The second kappa shape index (κ2) is 4.26. The number of hydrogen-bond acceptors (Lipinski definition) is 1. The summed E-state index contributed by atoms with van der Waals surface area (Å²) in [6.07, 6.45) is -0.626. The molecule has 2 nitrogen and oxygen atoms in total. The van der Waals surface area contributed by atoms with Crippen LogP contribution in [0.2, 0.25) is 0 Å². The topological polar surface area (TPSA) is 20.3 Å². The fraction of sp³-hybridized carbons (Fsp3) is 0.909. The standard InChI is InChI=1S/C11H16F3NO/c12-11(13,14)9-3-1-2-6-15(9)10(16)7-8-4-5-8/h8-9H,1-7H2. The Hall–Kier alpha value is -0.740. The number of carbonyl (C=O) groups excluding carboxylic acids is 1. The van der Waals surface area contributed by atoms with E-state index in [2.05, 4.69) is 0 Å². The largest absolute Gasteiger partial charge is 0.408 e. The van der Waals surface area contributed by atoms with Crippen molar-refractivity contribution < 1.29 is 18.0 Å². The summed E-state index contributed by atoms with van der Waals surface area (Å²) in [6, 6.07) is -1.53. The number of amides is 1. The van der Waals surface area contributed by atoms with Crippen LogP contribution in [0.5, 0.6) is 0 Å². The molecule has 0 spiro atoms. The van der Waals surface area contributed by atoms with Gasteiger partial charge in [0.2, 0.25) is 5.91 Å². The number of rotatable bonds is 2. The van der Waals surface area contributed by atoms with Crippen LogP contribution < -0.4 is 0 Å². The summed E-state index contributed by atoms with van der Waals surface area (Å²) in [6.45, 7) is 0.274. The van der Waals surface area contributed by atoms with E-state index < -0.39 is 12.2 Å². The lowest BCUT2D eigenvalue weighted by atomic mass is 10.0. The van der Waals surface area contributed by atoms with E-state index in [9.17, 15) is 18.0 Å². The highest BCUT2D eigenvalue weighted by Gasteiger charge is 2.46. The summed E-state index contributed by atoms with van der Waals surface area (Å²) >= 11 is 0. The molecule has 2 fully saturated rings. The highest BCUT2D eigenvalue weighted by atomic mass is 19.4. The van der Waals surface area contributed by atoms with Crippen LogP contribution in [0.4, 0.5) is 13.2 Å². The molecule has 1 saturated heterocycles. The van der Waals surface area contributed by atoms with E-state index in [1.54, 1.807) is 0 Å². The van der Waals surface area contributed by atoms with E-state index >= 15 is 0 Å². The highest BCUT2D eigenvalue weighted by Crippen LogP contribution is 2.36. The molecule has 1 atom stereocenters. The van der Waals surface area contributed by atoms with Gasteiger partial charge in [0.1, 0.15) is 6.04 Å². The molecule has 1 amide bonds. The molecular weight excluding hydrogens is 219 g/mol. The van der Waals surface area contributed by atoms with Crippen LogP contribution in [0.3, 0.4) is 0 Å². The van der Waals surface area contributed by atoms with Gasteiger partial charge in [-0.1, -0.05) is 0 Å². The van der Waals surface area contributed by atoms with Gasteiger partial charge in [-0.25, -0.2) is 0 Å². The number of piperidine rings is 1. The van der Waals surface area contributed by atoms with Gasteiger partial charge >= 0.3 is 6.18 Å². The molecule has 0 N–H and O–H groups in total. The smallest absolute Gasteiger partial charge is 0.331 e. The zero-order valence-electron chi connectivity index (χ0n) is 9.09. The third-order valence-corrected chi connectivity index (χ3v) is 3.36. The van der Waals surface area contributed by atoms with E-state index in [0.717, 1.165) is 17.7 Å². The molecule has 0 radical (unpaired) electrons. The first-order valence-corrected chi connectivity index (χ1v) is 5.84. The van der Waals surface area contributed by atoms with Crippen LogP contribution >= 0.6 is 0 Å². The number of nitrogens with zero attached hydrogens (tertiary/aromatic N) is 1. The number of alkyl halides is 3. The Labute approximate surface area is 92.8 Å². The van der Waals surface area contributed by atoms with Gasteiger partial charge in [-0.15, -0.1) is 0 Å². The van der Waals surface area contributed by atoms with Crippen LogP contribution in [0, 0.1) is 5.92 Å². The Morgan fingerprint density at radius 3 is 2.44 bits per heavy atom. The molecule has 1 saturated carbocycles. The van der Waals surface area contributed by atoms with Gasteiger partial charge in [0.25, 0.3) is 0 Å². The van der Waals surface area contributed by atoms with E-state index in [4.69, 9.17) is 0 Å². The van der Waals surface area contributed by atoms with Crippen molar-refractivity contribution in [3.8, 4) is 0 Å². The predicted octanol–water partition coefficient (Wildman–Crippen LogP) is 2.73. The van der Waals surface area contributed by atoms with Crippen molar-refractivity contribution in [1.29, 1.82) is 0 Å². The lowest BCUT2D eigenvalue weighted by Gasteiger charge is -2.36. The summed E-state index contributed by atoms with van der Waals surface area (Å²) < 4.78 is 38.1. The number of carbonyl (C=O) groups is 1. The van der Waals surface area contributed by atoms with E-state index in [-0.39, 0.29) is 18.9 Å². The Morgan fingerprint density at radius 2 is 1.88 bits per heavy atom. The minimum absolute atomic E-state index is 0.0694. The molecule has 1 aliphatic heterocycles. The van der Waals surface area contributed by atoms with Crippen LogP contribution in [-0.2, 0) is 4.79 Å². The second-order valence-electron chi connectivity index (χ2n) is 4.79. The van der Waals surface area contributed by atoms with Gasteiger partial charge in [-0.05, 0) is 38.0 Å². The van der Waals surface area contributed by atoms with Gasteiger partial charge < -0.3 is 4.90 Å². The van der Waals surface area contributed by atoms with Crippen LogP contribution in [0.1, 0.15) is 38.5 Å². The molecule has 2 aliphatic rings. The zero-order valence-corrected chi connectivity index (χ0v) is 9.09. The van der Waals surface area contributed by atoms with Crippen molar-refractivity contribution in [3.63, 3.8) is 0 Å². The molecule has 16 heavy (non-hydrogen) atoms. The molecule has 2 rings (SSSR count). The average molecular weight is 235 g/mol. The minimum atomic E-state index is -4.26. The quantitative estimate of drug-likeness (QED) is 0.720. The molecule has 0 aromatic heterocycles. The molecule has 0 aromatic rings. The number of halogens is 3. The lowest BCUT2D eigenvalue weighted by Crippen LogP contribution is -2.51. The van der Waals surface area contributed by atoms with Crippen LogP contribution in [0.25, 0.3) is 0 Å². The first kappa shape index (κ1) is 11.7. The van der Waals surface area contributed by atoms with Crippen molar-refractivity contribution in [2.45, 2.75) is 50.7 Å². The summed E-state index contributed by atoms with van der Waals surface area (Å²) in [7, 11) is 0. The van der Waals surface area contributed by atoms with Gasteiger partial charge in [-0.2, -0.15) is 13.2 Å². The zero-order chi connectivity index (χ0) is 11.8. The van der Waals surface area contributed by atoms with Crippen LogP contribution in [-0.4, -0.2) is 29.6 Å². The first-order chi connectivity index (χ1) is 7.48. The molecule has 1 heterocycles. The Balaban J connectivity index is 2.00. The van der Waals surface area contributed by atoms with Crippen molar-refractivity contribution in [1.82, 2.24) is 4.90 Å². The fourth-order valence-corrected chi connectivity index (χ4v) is 2.26. The molecule has 1 aliphatic carbocycles. The van der Waals surface area contributed by atoms with E-state index in [1.165, 1.54) is 0 Å². The Kier molecular flexibility index (Phi) is 3.13. The number of likely N-dealkylation sites (tertiary alicyclic amines) is 1. The molecule has 1 unspecified atom stereocenters.